The summed E-state index contributed by atoms with van der Waals surface area (Å²) in [6.07, 6.45) is 3.62. The van der Waals surface area contributed by atoms with Crippen molar-refractivity contribution in [2.75, 3.05) is 0 Å². The van der Waals surface area contributed by atoms with Gasteiger partial charge in [0.25, 0.3) is 0 Å². The number of hydrogen-bond acceptors (Lipinski definition) is 1. The molecule has 0 saturated heterocycles. The molecule has 0 spiro atoms. The van der Waals surface area contributed by atoms with Gasteiger partial charge in [-0.25, -0.2) is 4.79 Å². The molecule has 2 amide bonds. The molecule has 0 aliphatic carbocycles. The van der Waals surface area contributed by atoms with Crippen LogP contribution in [-0.4, -0.2) is 6.03 Å². The van der Waals surface area contributed by atoms with Gasteiger partial charge in [0.2, 0.25) is 0 Å². The van der Waals surface area contributed by atoms with Gasteiger partial charge in [0.05, 0.1) is 6.04 Å². The molecule has 17 heavy (non-hydrogen) atoms. The highest BCUT2D eigenvalue weighted by atomic mass is 16.2. The van der Waals surface area contributed by atoms with Gasteiger partial charge in [-0.3, -0.25) is 0 Å². The SMILES string of the molecule is CC(C)/C=C/NC(=O)NC(C)c1ccccc1. The van der Waals surface area contributed by atoms with E-state index in [4.69, 9.17) is 0 Å². The van der Waals surface area contributed by atoms with E-state index >= 15 is 0 Å². The van der Waals surface area contributed by atoms with Gasteiger partial charge in [0, 0.05) is 6.20 Å². The molecule has 0 radical (unpaired) electrons. The van der Waals surface area contributed by atoms with E-state index < -0.39 is 0 Å². The number of allylic oxidation sites excluding steroid dienone is 1. The first-order chi connectivity index (χ1) is 8.09. The second-order valence-corrected chi connectivity index (χ2v) is 4.35. The first-order valence-electron chi connectivity index (χ1n) is 5.88. The van der Waals surface area contributed by atoms with Crippen molar-refractivity contribution in [1.82, 2.24) is 10.6 Å². The summed E-state index contributed by atoms with van der Waals surface area (Å²) >= 11 is 0. The Morgan fingerprint density at radius 1 is 1.18 bits per heavy atom. The predicted molar refractivity (Wildman–Crippen MR) is 70.5 cm³/mol. The first kappa shape index (κ1) is 13.3. The molecule has 0 saturated carbocycles. The van der Waals surface area contributed by atoms with Gasteiger partial charge < -0.3 is 10.6 Å². The van der Waals surface area contributed by atoms with Gasteiger partial charge in [0.1, 0.15) is 0 Å². The number of carbonyl (C=O) groups is 1. The molecule has 92 valence electrons. The van der Waals surface area contributed by atoms with E-state index in [2.05, 4.69) is 24.5 Å². The Kier molecular flexibility index (Phi) is 5.27. The largest absolute Gasteiger partial charge is 0.331 e. The minimum atomic E-state index is -0.182. The van der Waals surface area contributed by atoms with Crippen molar-refractivity contribution >= 4 is 6.03 Å². The zero-order valence-electron chi connectivity index (χ0n) is 10.6. The van der Waals surface area contributed by atoms with Crippen molar-refractivity contribution in [3.8, 4) is 0 Å². The Hall–Kier alpha value is -1.77. The molecule has 0 aliphatic rings. The summed E-state index contributed by atoms with van der Waals surface area (Å²) in [7, 11) is 0. The molecule has 3 nitrogen and oxygen atoms in total. The monoisotopic (exact) mass is 232 g/mol. The molecule has 0 aliphatic heterocycles. The fraction of sp³-hybridized carbons (Fsp3) is 0.357. The minimum absolute atomic E-state index is 0.00338. The number of nitrogens with one attached hydrogen (secondary N) is 2. The van der Waals surface area contributed by atoms with E-state index in [1.165, 1.54) is 0 Å². The van der Waals surface area contributed by atoms with Crippen LogP contribution in [0.2, 0.25) is 0 Å². The lowest BCUT2D eigenvalue weighted by Crippen LogP contribution is -2.34. The highest BCUT2D eigenvalue weighted by molar-refractivity contribution is 5.75. The van der Waals surface area contributed by atoms with Gasteiger partial charge in [-0.2, -0.15) is 0 Å². The third kappa shape index (κ3) is 5.20. The molecule has 0 aromatic heterocycles. The van der Waals surface area contributed by atoms with E-state index in [9.17, 15) is 4.79 Å². The number of hydrogen-bond donors (Lipinski definition) is 2. The first-order valence-corrected chi connectivity index (χ1v) is 5.88. The number of carbonyl (C=O) groups excluding carboxylic acids is 1. The van der Waals surface area contributed by atoms with E-state index in [0.717, 1.165) is 5.56 Å². The number of rotatable bonds is 4. The van der Waals surface area contributed by atoms with Crippen LogP contribution in [0, 0.1) is 5.92 Å². The average Bonchev–Trinajstić information content (AvgIpc) is 2.29. The van der Waals surface area contributed by atoms with Crippen LogP contribution >= 0.6 is 0 Å². The van der Waals surface area contributed by atoms with E-state index in [-0.39, 0.29) is 12.1 Å². The van der Waals surface area contributed by atoms with E-state index in [1.54, 1.807) is 6.20 Å². The van der Waals surface area contributed by atoms with Crippen LogP contribution < -0.4 is 10.6 Å². The summed E-state index contributed by atoms with van der Waals surface area (Å²) in [4.78, 5) is 11.5. The molecule has 0 heterocycles. The van der Waals surface area contributed by atoms with Crippen LogP contribution in [0.5, 0.6) is 0 Å². The quantitative estimate of drug-likeness (QED) is 0.822. The van der Waals surface area contributed by atoms with Crippen molar-refractivity contribution in [3.63, 3.8) is 0 Å². The molecule has 0 fully saturated rings. The molecule has 1 atom stereocenters. The number of amides is 2. The molecule has 1 aromatic carbocycles. The second-order valence-electron chi connectivity index (χ2n) is 4.35. The third-order valence-corrected chi connectivity index (χ3v) is 2.34. The van der Waals surface area contributed by atoms with Crippen molar-refractivity contribution in [1.29, 1.82) is 0 Å². The van der Waals surface area contributed by atoms with Crippen LogP contribution in [0.15, 0.2) is 42.6 Å². The Morgan fingerprint density at radius 3 is 2.41 bits per heavy atom. The predicted octanol–water partition coefficient (Wildman–Crippen LogP) is 3.22. The molecule has 1 unspecified atom stereocenters. The fourth-order valence-electron chi connectivity index (χ4n) is 1.38. The van der Waals surface area contributed by atoms with E-state index in [1.807, 2.05) is 43.3 Å². The van der Waals surface area contributed by atoms with Crippen LogP contribution in [-0.2, 0) is 0 Å². The van der Waals surface area contributed by atoms with Crippen molar-refractivity contribution < 1.29 is 4.79 Å². The minimum Gasteiger partial charge on any atom is -0.331 e. The summed E-state index contributed by atoms with van der Waals surface area (Å²) in [6.45, 7) is 6.08. The summed E-state index contributed by atoms with van der Waals surface area (Å²) in [6, 6.07) is 9.70. The molecular formula is C14H20N2O. The smallest absolute Gasteiger partial charge is 0.319 e. The third-order valence-electron chi connectivity index (χ3n) is 2.34. The maximum absolute atomic E-state index is 11.5. The lowest BCUT2D eigenvalue weighted by atomic mass is 10.1. The Bertz CT molecular complexity index is 371. The Balaban J connectivity index is 2.41. The highest BCUT2D eigenvalue weighted by Crippen LogP contribution is 2.10. The van der Waals surface area contributed by atoms with Crippen LogP contribution in [0.3, 0.4) is 0 Å². The van der Waals surface area contributed by atoms with Crippen LogP contribution in [0.25, 0.3) is 0 Å². The van der Waals surface area contributed by atoms with Gasteiger partial charge >= 0.3 is 6.03 Å². The highest BCUT2D eigenvalue weighted by Gasteiger charge is 2.06. The van der Waals surface area contributed by atoms with Crippen molar-refractivity contribution in [3.05, 3.63) is 48.2 Å². The molecule has 2 N–H and O–H groups in total. The van der Waals surface area contributed by atoms with Crippen molar-refractivity contribution in [2.45, 2.75) is 26.8 Å². The van der Waals surface area contributed by atoms with Crippen LogP contribution in [0.4, 0.5) is 4.79 Å². The van der Waals surface area contributed by atoms with Gasteiger partial charge in [0.15, 0.2) is 0 Å². The molecule has 0 bridgehead atoms. The summed E-state index contributed by atoms with van der Waals surface area (Å²) in [5.41, 5.74) is 1.09. The summed E-state index contributed by atoms with van der Waals surface area (Å²) in [5.74, 6) is 0.432. The number of urea groups is 1. The maximum atomic E-state index is 11.5. The number of benzene rings is 1. The topological polar surface area (TPSA) is 41.1 Å². The summed E-state index contributed by atoms with van der Waals surface area (Å²) in [5, 5.41) is 5.55. The summed E-state index contributed by atoms with van der Waals surface area (Å²) < 4.78 is 0. The zero-order chi connectivity index (χ0) is 12.7. The lowest BCUT2D eigenvalue weighted by molar-refractivity contribution is 0.241. The molecule has 1 rings (SSSR count). The van der Waals surface area contributed by atoms with Gasteiger partial charge in [-0.05, 0) is 18.4 Å². The Morgan fingerprint density at radius 2 is 1.82 bits per heavy atom. The van der Waals surface area contributed by atoms with Crippen LogP contribution in [0.1, 0.15) is 32.4 Å². The molecular weight excluding hydrogens is 212 g/mol. The zero-order valence-corrected chi connectivity index (χ0v) is 10.6. The molecule has 1 aromatic rings. The standard InChI is InChI=1S/C14H20N2O/c1-11(2)9-10-15-14(17)16-12(3)13-7-5-4-6-8-13/h4-12H,1-3H3,(H2,15,16,17)/b10-9+. The second kappa shape index (κ2) is 6.74. The Labute approximate surface area is 103 Å². The van der Waals surface area contributed by atoms with Gasteiger partial charge in [-0.15, -0.1) is 0 Å². The van der Waals surface area contributed by atoms with Gasteiger partial charge in [-0.1, -0.05) is 50.3 Å². The molecule has 3 heteroatoms. The lowest BCUT2D eigenvalue weighted by Gasteiger charge is -2.13. The normalized spacial score (nSPS) is 12.7. The maximum Gasteiger partial charge on any atom is 0.319 e. The van der Waals surface area contributed by atoms with Crippen molar-refractivity contribution in [2.24, 2.45) is 5.92 Å². The fourth-order valence-corrected chi connectivity index (χ4v) is 1.38. The average molecular weight is 232 g/mol. The van der Waals surface area contributed by atoms with E-state index in [0.29, 0.717) is 5.92 Å².